The molecule has 1 aromatic heterocycles. The van der Waals surface area contributed by atoms with E-state index in [2.05, 4.69) is 10.3 Å². The Morgan fingerprint density at radius 1 is 1.18 bits per heavy atom. The van der Waals surface area contributed by atoms with E-state index in [9.17, 15) is 27.9 Å². The maximum Gasteiger partial charge on any atom is 0.416 e. The van der Waals surface area contributed by atoms with Gasteiger partial charge in [0.25, 0.3) is 5.91 Å². The first kappa shape index (κ1) is 27.4. The van der Waals surface area contributed by atoms with E-state index in [-0.39, 0.29) is 30.1 Å². The Morgan fingerprint density at radius 2 is 1.95 bits per heavy atom. The number of benzene rings is 3. The molecule has 3 aromatic carbocycles. The number of carbonyl (C=O) groups excluding carboxylic acids is 1. The number of aromatic nitrogens is 3. The third-order valence-corrected chi connectivity index (χ3v) is 7.49. The van der Waals surface area contributed by atoms with Crippen molar-refractivity contribution < 1.29 is 32.6 Å². The van der Waals surface area contributed by atoms with Gasteiger partial charge in [-0.2, -0.15) is 13.2 Å². The number of amides is 1. The number of carbonyl (C=O) groups is 2. The average Bonchev–Trinajstić information content (AvgIpc) is 3.30. The predicted molar refractivity (Wildman–Crippen MR) is 140 cm³/mol. The number of methoxy groups -OCH3 is 1. The van der Waals surface area contributed by atoms with Crippen molar-refractivity contribution in [3.05, 3.63) is 86.9 Å². The van der Waals surface area contributed by atoms with Crippen LogP contribution >= 0.6 is 11.6 Å². The number of aryl methyl sites for hydroxylation is 1. The standard InChI is InChI=1S/C28H24ClF3N4O4/c1-35-26-23(33-34-35)10-16(11-24(26)40-2)21(13-25(37)38)19-5-3-4-15-14-36(9-8-18(15)19)27(39)20-7-6-17(12-22(20)29)28(30,31)32/h3-7,10-12,21H,8-9,13-14H2,1-2H3,(H,37,38). The highest BCUT2D eigenvalue weighted by molar-refractivity contribution is 6.33. The Bertz CT molecular complexity index is 1640. The highest BCUT2D eigenvalue weighted by atomic mass is 35.5. The van der Waals surface area contributed by atoms with Gasteiger partial charge in [-0.25, -0.2) is 4.68 Å². The van der Waals surface area contributed by atoms with Gasteiger partial charge in [0.2, 0.25) is 0 Å². The molecule has 0 saturated heterocycles. The molecule has 0 saturated carbocycles. The molecule has 1 aliphatic heterocycles. The van der Waals surface area contributed by atoms with Gasteiger partial charge in [-0.1, -0.05) is 35.0 Å². The van der Waals surface area contributed by atoms with Gasteiger partial charge in [-0.15, -0.1) is 5.10 Å². The van der Waals surface area contributed by atoms with Crippen molar-refractivity contribution in [1.82, 2.24) is 19.9 Å². The number of carboxylic acid groups (broad SMARTS) is 1. The second kappa shape index (κ2) is 10.5. The molecule has 0 spiro atoms. The van der Waals surface area contributed by atoms with Crippen molar-refractivity contribution in [2.75, 3.05) is 13.7 Å². The van der Waals surface area contributed by atoms with Crippen molar-refractivity contribution >= 4 is 34.5 Å². The maximum absolute atomic E-state index is 13.2. The van der Waals surface area contributed by atoms with E-state index in [0.29, 0.717) is 28.8 Å². The number of aliphatic carboxylic acids is 1. The zero-order valence-electron chi connectivity index (χ0n) is 21.5. The topological polar surface area (TPSA) is 97.6 Å². The summed E-state index contributed by atoms with van der Waals surface area (Å²) in [5, 5.41) is 17.8. The molecule has 1 aliphatic rings. The van der Waals surface area contributed by atoms with E-state index in [1.165, 1.54) is 12.0 Å². The van der Waals surface area contributed by atoms with Crippen LogP contribution in [0.3, 0.4) is 0 Å². The maximum atomic E-state index is 13.2. The minimum Gasteiger partial charge on any atom is -0.494 e. The highest BCUT2D eigenvalue weighted by Gasteiger charge is 2.33. The van der Waals surface area contributed by atoms with Crippen molar-refractivity contribution in [3.8, 4) is 5.75 Å². The third kappa shape index (κ3) is 5.08. The lowest BCUT2D eigenvalue weighted by molar-refractivity contribution is -0.138. The molecule has 0 bridgehead atoms. The van der Waals surface area contributed by atoms with Crippen LogP contribution in [0.1, 0.15) is 50.5 Å². The molecule has 12 heteroatoms. The fourth-order valence-corrected chi connectivity index (χ4v) is 5.55. The Labute approximate surface area is 231 Å². The third-order valence-electron chi connectivity index (χ3n) is 7.18. The van der Waals surface area contributed by atoms with Gasteiger partial charge in [0.15, 0.2) is 0 Å². The van der Waals surface area contributed by atoms with Gasteiger partial charge in [0.1, 0.15) is 16.8 Å². The van der Waals surface area contributed by atoms with Crippen LogP contribution in [0, 0.1) is 0 Å². The number of rotatable bonds is 6. The average molecular weight is 573 g/mol. The molecule has 0 fully saturated rings. The van der Waals surface area contributed by atoms with Gasteiger partial charge >= 0.3 is 12.1 Å². The van der Waals surface area contributed by atoms with Gasteiger partial charge in [-0.05, 0) is 59.0 Å². The first-order valence-electron chi connectivity index (χ1n) is 12.3. The van der Waals surface area contributed by atoms with Crippen LogP contribution in [0.2, 0.25) is 5.02 Å². The lowest BCUT2D eigenvalue weighted by atomic mass is 9.82. The Morgan fingerprint density at radius 3 is 2.62 bits per heavy atom. The smallest absolute Gasteiger partial charge is 0.416 e. The second-order valence-corrected chi connectivity index (χ2v) is 10.0. The molecule has 8 nitrogen and oxygen atoms in total. The van der Waals surface area contributed by atoms with Gasteiger partial charge in [-0.3, -0.25) is 9.59 Å². The summed E-state index contributed by atoms with van der Waals surface area (Å²) in [6, 6.07) is 11.8. The lowest BCUT2D eigenvalue weighted by Crippen LogP contribution is -2.36. The molecule has 0 aliphatic carbocycles. The number of hydrogen-bond acceptors (Lipinski definition) is 5. The van der Waals surface area contributed by atoms with E-state index < -0.39 is 29.5 Å². The summed E-state index contributed by atoms with van der Waals surface area (Å²) >= 11 is 6.08. The summed E-state index contributed by atoms with van der Waals surface area (Å²) in [7, 11) is 3.27. The first-order valence-corrected chi connectivity index (χ1v) is 12.7. The summed E-state index contributed by atoms with van der Waals surface area (Å²) in [6.07, 6.45) is -4.33. The van der Waals surface area contributed by atoms with Crippen molar-refractivity contribution in [3.63, 3.8) is 0 Å². The Kier molecular flexibility index (Phi) is 7.17. The number of carboxylic acids is 1. The van der Waals surface area contributed by atoms with Crippen molar-refractivity contribution in [2.45, 2.75) is 31.5 Å². The zero-order valence-corrected chi connectivity index (χ0v) is 22.3. The van der Waals surface area contributed by atoms with E-state index in [4.69, 9.17) is 16.3 Å². The fraction of sp³-hybridized carbons (Fsp3) is 0.286. The predicted octanol–water partition coefficient (Wildman–Crippen LogP) is 5.45. The van der Waals surface area contributed by atoms with E-state index in [1.54, 1.807) is 23.9 Å². The molecule has 1 unspecified atom stereocenters. The molecule has 4 aromatic rings. The van der Waals surface area contributed by atoms with Crippen molar-refractivity contribution in [1.29, 1.82) is 0 Å². The minimum absolute atomic E-state index is 0.0117. The molecular weight excluding hydrogens is 549 g/mol. The number of alkyl halides is 3. The molecule has 40 heavy (non-hydrogen) atoms. The zero-order chi connectivity index (χ0) is 28.8. The van der Waals surface area contributed by atoms with E-state index in [0.717, 1.165) is 34.9 Å². The van der Waals surface area contributed by atoms with Crippen LogP contribution in [0.15, 0.2) is 48.5 Å². The molecule has 208 valence electrons. The number of halogens is 4. The minimum atomic E-state index is -4.57. The molecule has 1 N–H and O–H groups in total. The monoisotopic (exact) mass is 572 g/mol. The van der Waals surface area contributed by atoms with Crippen LogP contribution in [-0.4, -0.2) is 50.5 Å². The first-order chi connectivity index (χ1) is 19.0. The van der Waals surface area contributed by atoms with Crippen molar-refractivity contribution in [2.24, 2.45) is 7.05 Å². The van der Waals surface area contributed by atoms with Gasteiger partial charge in [0, 0.05) is 26.1 Å². The lowest BCUT2D eigenvalue weighted by Gasteiger charge is -2.32. The number of hydrogen-bond donors (Lipinski definition) is 1. The number of nitrogens with zero attached hydrogens (tertiary/aromatic N) is 4. The van der Waals surface area contributed by atoms with E-state index in [1.807, 2.05) is 18.2 Å². The van der Waals surface area contributed by atoms with Gasteiger partial charge in [0.05, 0.1) is 29.7 Å². The second-order valence-electron chi connectivity index (χ2n) is 9.61. The Balaban J connectivity index is 1.49. The summed E-state index contributed by atoms with van der Waals surface area (Å²) < 4.78 is 46.3. The van der Waals surface area contributed by atoms with Crippen LogP contribution < -0.4 is 4.74 Å². The molecule has 5 rings (SSSR count). The fourth-order valence-electron chi connectivity index (χ4n) is 5.29. The highest BCUT2D eigenvalue weighted by Crippen LogP contribution is 2.38. The SMILES string of the molecule is COc1cc(C(CC(=O)O)c2cccc3c2CCN(C(=O)c2ccc(C(F)(F)F)cc2Cl)C3)cc2nnn(C)c12. The normalized spacial score (nSPS) is 14.2. The van der Waals surface area contributed by atoms with Crippen LogP contribution in [0.5, 0.6) is 5.75 Å². The number of ether oxygens (including phenoxy) is 1. The largest absolute Gasteiger partial charge is 0.494 e. The summed E-state index contributed by atoms with van der Waals surface area (Å²) in [5.41, 5.74) is 3.58. The Hall–Kier alpha value is -4.12. The van der Waals surface area contributed by atoms with E-state index >= 15 is 0 Å². The molecular formula is C28H24ClF3N4O4. The molecule has 1 amide bonds. The quantitative estimate of drug-likeness (QED) is 0.330. The van der Waals surface area contributed by atoms with Gasteiger partial charge < -0.3 is 14.7 Å². The summed E-state index contributed by atoms with van der Waals surface area (Å²) in [4.78, 5) is 26.7. The molecule has 0 radical (unpaired) electrons. The molecule has 1 atom stereocenters. The molecule has 2 heterocycles. The summed E-state index contributed by atoms with van der Waals surface area (Å²) in [6.45, 7) is 0.484. The summed E-state index contributed by atoms with van der Waals surface area (Å²) in [5.74, 6) is -1.47. The van der Waals surface area contributed by atoms with Crippen LogP contribution in [-0.2, 0) is 31.0 Å². The van der Waals surface area contributed by atoms with Crippen LogP contribution in [0.4, 0.5) is 13.2 Å². The number of fused-ring (bicyclic) bond motifs is 2. The van der Waals surface area contributed by atoms with Crippen LogP contribution in [0.25, 0.3) is 11.0 Å².